The molecule has 20 heavy (non-hydrogen) atoms. The van der Waals surface area contributed by atoms with Crippen molar-refractivity contribution in [3.63, 3.8) is 0 Å². The normalized spacial score (nSPS) is 17.4. The van der Waals surface area contributed by atoms with Crippen LogP contribution in [0, 0.1) is 0 Å². The van der Waals surface area contributed by atoms with E-state index in [1.54, 1.807) is 24.3 Å². The van der Waals surface area contributed by atoms with Gasteiger partial charge in [-0.05, 0) is 30.5 Å². The highest BCUT2D eigenvalue weighted by molar-refractivity contribution is 5.92. The van der Waals surface area contributed by atoms with E-state index < -0.39 is 23.6 Å². The van der Waals surface area contributed by atoms with Gasteiger partial charge in [-0.15, -0.1) is 0 Å². The van der Waals surface area contributed by atoms with Crippen LogP contribution in [0.15, 0.2) is 35.7 Å². The van der Waals surface area contributed by atoms with E-state index >= 15 is 0 Å². The quantitative estimate of drug-likeness (QED) is 0.845. The van der Waals surface area contributed by atoms with E-state index in [4.69, 9.17) is 0 Å². The molecule has 0 fully saturated rings. The molecule has 1 unspecified atom stereocenters. The van der Waals surface area contributed by atoms with Crippen LogP contribution < -0.4 is 0 Å². The van der Waals surface area contributed by atoms with Gasteiger partial charge in [0.1, 0.15) is 0 Å². The first-order valence-corrected chi connectivity index (χ1v) is 6.34. The Kier molecular flexibility index (Phi) is 3.88. The molecule has 106 valence electrons. The van der Waals surface area contributed by atoms with Gasteiger partial charge in [-0.25, -0.2) is 4.39 Å². The van der Waals surface area contributed by atoms with Crippen LogP contribution in [0.5, 0.6) is 0 Å². The average molecular weight is 277 g/mol. The fourth-order valence-corrected chi connectivity index (χ4v) is 2.33. The molecule has 0 bridgehead atoms. The molecule has 1 N–H and O–H groups in total. The summed E-state index contributed by atoms with van der Waals surface area (Å²) in [4.78, 5) is 24.6. The molecular formula is C15H16FNO3. The molecule has 0 spiro atoms. The fraction of sp³-hybridized carbons (Fsp3) is 0.333. The molecule has 1 amide bonds. The third-order valence-corrected chi connectivity index (χ3v) is 3.41. The fourth-order valence-electron chi connectivity index (χ4n) is 2.33. The summed E-state index contributed by atoms with van der Waals surface area (Å²) in [6.07, 6.45) is 0. The van der Waals surface area contributed by atoms with E-state index in [0.717, 1.165) is 5.56 Å². The second kappa shape index (κ2) is 5.45. The predicted molar refractivity (Wildman–Crippen MR) is 71.7 cm³/mol. The van der Waals surface area contributed by atoms with Gasteiger partial charge in [-0.2, -0.15) is 0 Å². The van der Waals surface area contributed by atoms with Crippen LogP contribution in [0.2, 0.25) is 0 Å². The highest BCUT2D eigenvalue weighted by Crippen LogP contribution is 2.29. The van der Waals surface area contributed by atoms with Crippen molar-refractivity contribution in [2.75, 3.05) is 6.54 Å². The minimum absolute atomic E-state index is 0.00806. The van der Waals surface area contributed by atoms with Crippen LogP contribution in [0.3, 0.4) is 0 Å². The molecule has 1 aromatic rings. The van der Waals surface area contributed by atoms with Gasteiger partial charge in [0.05, 0.1) is 5.92 Å². The number of nitrogens with zero attached hydrogens (tertiary/aromatic N) is 1. The Morgan fingerprint density at radius 1 is 1.30 bits per heavy atom. The van der Waals surface area contributed by atoms with E-state index in [1.165, 1.54) is 18.7 Å². The number of amides is 1. The number of carboxylic acid groups (broad SMARTS) is 1. The standard InChI is InChI=1S/C15H16FNO3/c1-9(2)13(16)14(18)17-7-10-5-3-4-6-11(10)12(8-17)15(19)20/h3-6,12H,7-8H2,1-2H3,(H,19,20). The number of carbonyl (C=O) groups is 2. The number of benzene rings is 1. The lowest BCUT2D eigenvalue weighted by atomic mass is 9.89. The molecule has 0 radical (unpaired) electrons. The first kappa shape index (κ1) is 14.2. The molecule has 0 aliphatic carbocycles. The third kappa shape index (κ3) is 2.57. The van der Waals surface area contributed by atoms with Crippen molar-refractivity contribution in [1.82, 2.24) is 4.90 Å². The maximum absolute atomic E-state index is 13.7. The molecule has 1 aromatic carbocycles. The second-order valence-corrected chi connectivity index (χ2v) is 5.09. The SMILES string of the molecule is CC(C)=C(F)C(=O)N1Cc2ccccc2C(C(=O)O)C1. The van der Waals surface area contributed by atoms with Crippen molar-refractivity contribution >= 4 is 11.9 Å². The Morgan fingerprint density at radius 3 is 2.55 bits per heavy atom. The highest BCUT2D eigenvalue weighted by Gasteiger charge is 2.33. The molecule has 1 aliphatic heterocycles. The summed E-state index contributed by atoms with van der Waals surface area (Å²) in [7, 11) is 0. The highest BCUT2D eigenvalue weighted by atomic mass is 19.1. The van der Waals surface area contributed by atoms with E-state index in [-0.39, 0.29) is 13.1 Å². The van der Waals surface area contributed by atoms with Gasteiger partial charge >= 0.3 is 5.97 Å². The maximum atomic E-state index is 13.7. The Balaban J connectivity index is 2.36. The lowest BCUT2D eigenvalue weighted by Crippen LogP contribution is -2.40. The Morgan fingerprint density at radius 2 is 1.95 bits per heavy atom. The van der Waals surface area contributed by atoms with Crippen molar-refractivity contribution < 1.29 is 19.1 Å². The Labute approximate surface area is 116 Å². The van der Waals surface area contributed by atoms with Crippen LogP contribution in [0.1, 0.15) is 30.9 Å². The predicted octanol–water partition coefficient (Wildman–Crippen LogP) is 2.46. The first-order valence-electron chi connectivity index (χ1n) is 6.34. The number of rotatable bonds is 2. The van der Waals surface area contributed by atoms with Crippen molar-refractivity contribution in [2.24, 2.45) is 0 Å². The number of hydrogen-bond acceptors (Lipinski definition) is 2. The summed E-state index contributed by atoms with van der Waals surface area (Å²) in [5.41, 5.74) is 1.74. The van der Waals surface area contributed by atoms with Gasteiger partial charge in [0.25, 0.3) is 5.91 Å². The summed E-state index contributed by atoms with van der Waals surface area (Å²) in [6.45, 7) is 3.25. The lowest BCUT2D eigenvalue weighted by molar-refractivity contribution is -0.141. The minimum Gasteiger partial charge on any atom is -0.481 e. The van der Waals surface area contributed by atoms with Crippen molar-refractivity contribution in [3.8, 4) is 0 Å². The summed E-state index contributed by atoms with van der Waals surface area (Å²) < 4.78 is 13.7. The topological polar surface area (TPSA) is 57.6 Å². The van der Waals surface area contributed by atoms with Gasteiger partial charge < -0.3 is 10.0 Å². The van der Waals surface area contributed by atoms with Gasteiger partial charge in [0.2, 0.25) is 0 Å². The van der Waals surface area contributed by atoms with E-state index in [1.807, 2.05) is 0 Å². The zero-order valence-corrected chi connectivity index (χ0v) is 11.4. The molecule has 1 heterocycles. The van der Waals surface area contributed by atoms with Crippen LogP contribution >= 0.6 is 0 Å². The van der Waals surface area contributed by atoms with Crippen LogP contribution in [-0.2, 0) is 16.1 Å². The van der Waals surface area contributed by atoms with Crippen molar-refractivity contribution in [3.05, 3.63) is 46.8 Å². The van der Waals surface area contributed by atoms with Gasteiger partial charge in [0.15, 0.2) is 5.83 Å². The molecule has 0 saturated carbocycles. The van der Waals surface area contributed by atoms with E-state index in [0.29, 0.717) is 11.1 Å². The first-order chi connectivity index (χ1) is 9.41. The maximum Gasteiger partial charge on any atom is 0.312 e. The smallest absolute Gasteiger partial charge is 0.312 e. The van der Waals surface area contributed by atoms with Crippen LogP contribution in [0.4, 0.5) is 4.39 Å². The van der Waals surface area contributed by atoms with Crippen molar-refractivity contribution in [2.45, 2.75) is 26.3 Å². The number of allylic oxidation sites excluding steroid dienone is 1. The lowest BCUT2D eigenvalue weighted by Gasteiger charge is -2.32. The number of fused-ring (bicyclic) bond motifs is 1. The molecule has 5 heteroatoms. The van der Waals surface area contributed by atoms with E-state index in [9.17, 15) is 19.1 Å². The van der Waals surface area contributed by atoms with E-state index in [2.05, 4.69) is 0 Å². The summed E-state index contributed by atoms with van der Waals surface area (Å²) >= 11 is 0. The number of hydrogen-bond donors (Lipinski definition) is 1. The average Bonchev–Trinajstić information content (AvgIpc) is 2.44. The number of carbonyl (C=O) groups excluding carboxylic acids is 1. The number of halogens is 1. The number of aliphatic carboxylic acids is 1. The Hall–Kier alpha value is -2.17. The molecule has 1 atom stereocenters. The monoisotopic (exact) mass is 277 g/mol. The molecule has 0 aromatic heterocycles. The summed E-state index contributed by atoms with van der Waals surface area (Å²) in [5, 5.41) is 9.29. The van der Waals surface area contributed by atoms with Crippen LogP contribution in [-0.4, -0.2) is 28.4 Å². The zero-order valence-electron chi connectivity index (χ0n) is 11.4. The number of carboxylic acids is 1. The molecule has 1 aliphatic rings. The second-order valence-electron chi connectivity index (χ2n) is 5.09. The summed E-state index contributed by atoms with van der Waals surface area (Å²) in [5.74, 6) is -3.37. The minimum atomic E-state index is -1.01. The van der Waals surface area contributed by atoms with Gasteiger partial charge in [-0.3, -0.25) is 9.59 Å². The molecule has 0 saturated heterocycles. The summed E-state index contributed by atoms with van der Waals surface area (Å²) in [6, 6.07) is 7.06. The van der Waals surface area contributed by atoms with Crippen molar-refractivity contribution in [1.29, 1.82) is 0 Å². The molecule has 4 nitrogen and oxygen atoms in total. The Bertz CT molecular complexity index is 591. The van der Waals surface area contributed by atoms with Gasteiger partial charge in [0, 0.05) is 13.1 Å². The molecular weight excluding hydrogens is 261 g/mol. The van der Waals surface area contributed by atoms with Gasteiger partial charge in [-0.1, -0.05) is 24.3 Å². The van der Waals surface area contributed by atoms with Crippen LogP contribution in [0.25, 0.3) is 0 Å². The zero-order chi connectivity index (χ0) is 14.9. The molecule has 2 rings (SSSR count). The third-order valence-electron chi connectivity index (χ3n) is 3.41. The largest absolute Gasteiger partial charge is 0.481 e.